The van der Waals surface area contributed by atoms with Crippen LogP contribution in [0.2, 0.25) is 0 Å². The average Bonchev–Trinajstić information content (AvgIpc) is 2.34. The average molecular weight is 252 g/mol. The highest BCUT2D eigenvalue weighted by Gasteiger charge is 2.50. The van der Waals surface area contributed by atoms with Gasteiger partial charge in [0, 0.05) is 6.42 Å². The lowest BCUT2D eigenvalue weighted by Gasteiger charge is -2.28. The summed E-state index contributed by atoms with van der Waals surface area (Å²) in [4.78, 5) is 38.2. The van der Waals surface area contributed by atoms with Crippen LogP contribution >= 0.6 is 0 Å². The highest BCUT2D eigenvalue weighted by molar-refractivity contribution is 6.64. The number of carbonyl (C=O) groups excluding carboxylic acids is 3. The van der Waals surface area contributed by atoms with Crippen LogP contribution in [0.15, 0.2) is 0 Å². The van der Waals surface area contributed by atoms with Gasteiger partial charge < -0.3 is 10.3 Å². The predicted molar refractivity (Wildman–Crippen MR) is 61.8 cm³/mol. The second-order valence-electron chi connectivity index (χ2n) is 4.46. The second kappa shape index (κ2) is 5.69. The first-order valence-corrected chi connectivity index (χ1v) is 5.94. The summed E-state index contributed by atoms with van der Waals surface area (Å²) in [5, 5.41) is 0. The van der Waals surface area contributed by atoms with Gasteiger partial charge in [0.1, 0.15) is 5.78 Å². The maximum absolute atomic E-state index is 12.2. The Kier molecular flexibility index (Phi) is 4.50. The summed E-state index contributed by atoms with van der Waals surface area (Å²) in [5.74, 6) is -1.97. The first kappa shape index (κ1) is 14.3. The zero-order valence-electron chi connectivity index (χ0n) is 10.6. The Hall–Kier alpha value is -1.81. The minimum atomic E-state index is -1.27. The van der Waals surface area contributed by atoms with Gasteiger partial charge >= 0.3 is 11.7 Å². The zero-order valence-corrected chi connectivity index (χ0v) is 10.6. The van der Waals surface area contributed by atoms with Crippen LogP contribution in [0, 0.1) is 5.41 Å². The minimum absolute atomic E-state index is 0.0653. The van der Waals surface area contributed by atoms with E-state index < -0.39 is 22.9 Å². The standard InChI is InChI=1S/C12H16N2O4/c1-3-18-11(17)9(14-13)10(16)12(2)7-5-4-6-8(12)15/h3-7H2,1-2H3. The van der Waals surface area contributed by atoms with E-state index >= 15 is 0 Å². The lowest BCUT2D eigenvalue weighted by atomic mass is 9.70. The van der Waals surface area contributed by atoms with Gasteiger partial charge in [0.25, 0.3) is 5.78 Å². The fourth-order valence-corrected chi connectivity index (χ4v) is 2.06. The molecule has 1 saturated carbocycles. The van der Waals surface area contributed by atoms with Crippen LogP contribution in [0.25, 0.3) is 5.53 Å². The largest absolute Gasteiger partial charge is 0.457 e. The molecule has 0 spiro atoms. The van der Waals surface area contributed by atoms with E-state index in [1.54, 1.807) is 6.92 Å². The van der Waals surface area contributed by atoms with E-state index in [-0.39, 0.29) is 12.4 Å². The van der Waals surface area contributed by atoms with Crippen LogP contribution in [0.3, 0.4) is 0 Å². The fraction of sp³-hybridized carbons (Fsp3) is 0.667. The number of ketones is 2. The molecule has 1 atom stereocenters. The molecule has 6 nitrogen and oxygen atoms in total. The quantitative estimate of drug-likeness (QED) is 0.244. The van der Waals surface area contributed by atoms with Crippen molar-refractivity contribution in [3.63, 3.8) is 0 Å². The van der Waals surface area contributed by atoms with E-state index in [0.29, 0.717) is 12.8 Å². The third-order valence-electron chi connectivity index (χ3n) is 3.23. The van der Waals surface area contributed by atoms with Gasteiger partial charge in [-0.15, -0.1) is 0 Å². The maximum atomic E-state index is 12.2. The molecule has 0 heterocycles. The number of esters is 1. The summed E-state index contributed by atoms with van der Waals surface area (Å²) in [5.41, 5.74) is 6.81. The van der Waals surface area contributed by atoms with Gasteiger partial charge in [-0.05, 0) is 26.7 Å². The molecule has 1 unspecified atom stereocenters. The van der Waals surface area contributed by atoms with E-state index in [0.717, 1.165) is 12.8 Å². The first-order valence-electron chi connectivity index (χ1n) is 5.94. The van der Waals surface area contributed by atoms with Gasteiger partial charge in [-0.2, -0.15) is 4.79 Å². The smallest absolute Gasteiger partial charge is 0.442 e. The molecule has 0 amide bonds. The van der Waals surface area contributed by atoms with Crippen LogP contribution in [0.1, 0.15) is 39.5 Å². The molecular formula is C12H16N2O4. The SMILES string of the molecule is CCOC(=O)C(=[N+]=[N-])C(=O)C1(C)CCCCC1=O. The van der Waals surface area contributed by atoms with Crippen LogP contribution < -0.4 is 0 Å². The van der Waals surface area contributed by atoms with Crippen LogP contribution in [0.4, 0.5) is 0 Å². The molecule has 6 heteroatoms. The van der Waals surface area contributed by atoms with Crippen molar-refractivity contribution in [2.24, 2.45) is 5.41 Å². The molecule has 0 aliphatic heterocycles. The Bertz CT molecular complexity index is 437. The lowest BCUT2D eigenvalue weighted by Crippen LogP contribution is -2.45. The fourth-order valence-electron chi connectivity index (χ4n) is 2.06. The number of hydrogen-bond acceptors (Lipinski definition) is 4. The van der Waals surface area contributed by atoms with Gasteiger partial charge in [0.05, 0.1) is 12.0 Å². The molecule has 1 fully saturated rings. The number of hydrogen-bond donors (Lipinski definition) is 0. The Labute approximate surface area is 105 Å². The van der Waals surface area contributed by atoms with E-state index in [9.17, 15) is 14.4 Å². The molecule has 0 aromatic rings. The molecule has 0 aromatic heterocycles. The number of rotatable bonds is 4. The molecule has 1 aliphatic carbocycles. The zero-order chi connectivity index (χ0) is 13.8. The summed E-state index contributed by atoms with van der Waals surface area (Å²) < 4.78 is 4.63. The molecule has 0 N–H and O–H groups in total. The summed E-state index contributed by atoms with van der Waals surface area (Å²) in [6.45, 7) is 3.13. The second-order valence-corrected chi connectivity index (χ2v) is 4.46. The molecular weight excluding hydrogens is 236 g/mol. The molecule has 0 bridgehead atoms. The molecule has 18 heavy (non-hydrogen) atoms. The Morgan fingerprint density at radius 1 is 1.44 bits per heavy atom. The Morgan fingerprint density at radius 3 is 2.61 bits per heavy atom. The molecule has 0 radical (unpaired) electrons. The van der Waals surface area contributed by atoms with Crippen LogP contribution in [-0.2, 0) is 19.1 Å². The number of ether oxygens (including phenoxy) is 1. The molecule has 98 valence electrons. The topological polar surface area (TPSA) is 96.8 Å². The van der Waals surface area contributed by atoms with Crippen molar-refractivity contribution in [2.45, 2.75) is 39.5 Å². The third-order valence-corrected chi connectivity index (χ3v) is 3.23. The summed E-state index contributed by atoms with van der Waals surface area (Å²) in [6, 6.07) is 0. The first-order chi connectivity index (χ1) is 8.47. The summed E-state index contributed by atoms with van der Waals surface area (Å²) in [6.07, 6.45) is 2.15. The number of carbonyl (C=O) groups is 3. The number of nitrogens with zero attached hydrogens (tertiary/aromatic N) is 2. The van der Waals surface area contributed by atoms with E-state index in [1.807, 2.05) is 0 Å². The Balaban J connectivity index is 3.01. The third kappa shape index (κ3) is 2.54. The van der Waals surface area contributed by atoms with E-state index in [2.05, 4.69) is 9.53 Å². The molecule has 1 rings (SSSR count). The van der Waals surface area contributed by atoms with Crippen LogP contribution in [0.5, 0.6) is 0 Å². The highest BCUT2D eigenvalue weighted by atomic mass is 16.5. The number of Topliss-reactive ketones (excluding diaryl/α,β-unsaturated/α-hetero) is 2. The van der Waals surface area contributed by atoms with Gasteiger partial charge in [-0.3, -0.25) is 9.59 Å². The molecule has 1 aliphatic rings. The van der Waals surface area contributed by atoms with Crippen LogP contribution in [-0.4, -0.2) is 34.6 Å². The van der Waals surface area contributed by atoms with Gasteiger partial charge in [-0.25, -0.2) is 4.79 Å². The van der Waals surface area contributed by atoms with Gasteiger partial charge in [0.15, 0.2) is 0 Å². The monoisotopic (exact) mass is 252 g/mol. The van der Waals surface area contributed by atoms with Crippen molar-refractivity contribution in [1.29, 1.82) is 0 Å². The summed E-state index contributed by atoms with van der Waals surface area (Å²) in [7, 11) is 0. The lowest BCUT2D eigenvalue weighted by molar-refractivity contribution is -0.146. The van der Waals surface area contributed by atoms with Gasteiger partial charge in [-0.1, -0.05) is 6.42 Å². The van der Waals surface area contributed by atoms with Crippen molar-refractivity contribution in [2.75, 3.05) is 6.61 Å². The van der Waals surface area contributed by atoms with Crippen molar-refractivity contribution >= 4 is 23.2 Å². The molecule has 0 aromatic carbocycles. The van der Waals surface area contributed by atoms with E-state index in [1.165, 1.54) is 6.92 Å². The Morgan fingerprint density at radius 2 is 2.11 bits per heavy atom. The molecule has 0 saturated heterocycles. The normalized spacial score (nSPS) is 23.1. The maximum Gasteiger partial charge on any atom is 0.442 e. The highest BCUT2D eigenvalue weighted by Crippen LogP contribution is 2.33. The summed E-state index contributed by atoms with van der Waals surface area (Å²) >= 11 is 0. The van der Waals surface area contributed by atoms with E-state index in [4.69, 9.17) is 5.53 Å². The van der Waals surface area contributed by atoms with Crippen molar-refractivity contribution in [1.82, 2.24) is 0 Å². The van der Waals surface area contributed by atoms with Crippen molar-refractivity contribution in [3.05, 3.63) is 5.53 Å². The van der Waals surface area contributed by atoms with Crippen molar-refractivity contribution < 1.29 is 23.9 Å². The minimum Gasteiger partial charge on any atom is -0.457 e. The predicted octanol–water partition coefficient (Wildman–Crippen LogP) is 0.939. The van der Waals surface area contributed by atoms with Gasteiger partial charge in [0.2, 0.25) is 0 Å². The van der Waals surface area contributed by atoms with Crippen molar-refractivity contribution in [3.8, 4) is 0 Å².